The Morgan fingerprint density at radius 2 is 1.24 bits per heavy atom. The predicted molar refractivity (Wildman–Crippen MR) is 67.6 cm³/mol. The summed E-state index contributed by atoms with van der Waals surface area (Å²) in [6, 6.07) is -0.726. The van der Waals surface area contributed by atoms with Gasteiger partial charge < -0.3 is 23.5 Å². The van der Waals surface area contributed by atoms with Crippen LogP contribution < -0.4 is 0 Å². The van der Waals surface area contributed by atoms with Gasteiger partial charge in [-0.3, -0.25) is 0 Å². The molecule has 0 aromatic heterocycles. The molecule has 6 heteroatoms. The summed E-state index contributed by atoms with van der Waals surface area (Å²) in [5.74, 6) is 0. The van der Waals surface area contributed by atoms with E-state index in [1.54, 1.807) is 0 Å². The first-order valence-electron chi connectivity index (χ1n) is 6.11. The van der Waals surface area contributed by atoms with Crippen molar-refractivity contribution in [2.75, 3.05) is 39.1 Å². The van der Waals surface area contributed by atoms with Gasteiger partial charge in [0.25, 0.3) is 0 Å². The monoisotopic (exact) mass is 268 g/mol. The molecule has 0 aliphatic rings. The molecule has 5 nitrogen and oxygen atoms in total. The summed E-state index contributed by atoms with van der Waals surface area (Å²) in [6.45, 7) is 9.35. The molecule has 0 amide bonds. The van der Waals surface area contributed by atoms with Gasteiger partial charge in [0.2, 0.25) is 6.03 Å². The van der Waals surface area contributed by atoms with Crippen LogP contribution in [-0.4, -0.2) is 45.2 Å². The van der Waals surface area contributed by atoms with E-state index < -0.39 is 13.2 Å². The summed E-state index contributed by atoms with van der Waals surface area (Å²) in [7, 11) is -2.78. The highest BCUT2D eigenvalue weighted by Crippen LogP contribution is 2.51. The van der Waals surface area contributed by atoms with E-state index in [1.807, 2.05) is 27.7 Å². The van der Waals surface area contributed by atoms with Crippen molar-refractivity contribution >= 4 is 7.14 Å². The molecule has 0 aromatic carbocycles. The number of rotatable bonds is 11. The van der Waals surface area contributed by atoms with E-state index in [0.717, 1.165) is 0 Å². The molecule has 0 unspecified atom stereocenters. The summed E-state index contributed by atoms with van der Waals surface area (Å²) in [6.07, 6.45) is 0.266. The second-order valence-electron chi connectivity index (χ2n) is 3.41. The Bertz CT molecular complexity index is 204. The van der Waals surface area contributed by atoms with Crippen LogP contribution in [0.3, 0.4) is 0 Å². The van der Waals surface area contributed by atoms with Crippen LogP contribution in [-0.2, 0) is 23.5 Å². The Labute approximate surface area is 104 Å². The van der Waals surface area contributed by atoms with E-state index in [2.05, 4.69) is 0 Å². The smallest absolute Gasteiger partial charge is 0.215 e. The lowest BCUT2D eigenvalue weighted by Crippen LogP contribution is -2.23. The van der Waals surface area contributed by atoms with Crippen molar-refractivity contribution in [1.82, 2.24) is 0 Å². The van der Waals surface area contributed by atoms with Crippen LogP contribution in [0.4, 0.5) is 0 Å². The van der Waals surface area contributed by atoms with E-state index >= 15 is 0 Å². The predicted octanol–water partition coefficient (Wildman–Crippen LogP) is 2.69. The van der Waals surface area contributed by atoms with Gasteiger partial charge in [0.05, 0.1) is 0 Å². The lowest BCUT2D eigenvalue weighted by Gasteiger charge is -2.26. The molecule has 0 saturated heterocycles. The zero-order chi connectivity index (χ0) is 13.1. The molecule has 0 atom stereocenters. The zero-order valence-corrected chi connectivity index (χ0v) is 12.2. The van der Waals surface area contributed by atoms with Gasteiger partial charge in [-0.05, 0) is 27.7 Å². The van der Waals surface area contributed by atoms with Crippen LogP contribution >= 0.6 is 7.14 Å². The molecule has 0 rings (SSSR count). The van der Waals surface area contributed by atoms with E-state index in [9.17, 15) is 4.57 Å². The Morgan fingerprint density at radius 3 is 1.53 bits per heavy atom. The minimum atomic E-state index is -2.78. The van der Waals surface area contributed by atoms with Crippen molar-refractivity contribution in [3.05, 3.63) is 0 Å². The van der Waals surface area contributed by atoms with Crippen molar-refractivity contribution in [3.63, 3.8) is 0 Å². The highest BCUT2D eigenvalue weighted by Gasteiger charge is 2.35. The quantitative estimate of drug-likeness (QED) is 0.426. The van der Waals surface area contributed by atoms with Crippen molar-refractivity contribution in [2.24, 2.45) is 0 Å². The third kappa shape index (κ3) is 6.53. The SMILES string of the molecule is CCOCP(=O)(COCC)C(OCC)OCC. The highest BCUT2D eigenvalue weighted by molar-refractivity contribution is 7.63. The first-order valence-corrected chi connectivity index (χ1v) is 8.25. The van der Waals surface area contributed by atoms with Crippen LogP contribution in [0, 0.1) is 0 Å². The Kier molecular flexibility index (Phi) is 10.1. The van der Waals surface area contributed by atoms with Crippen LogP contribution in [0.1, 0.15) is 27.7 Å². The van der Waals surface area contributed by atoms with Gasteiger partial charge in [0.15, 0.2) is 7.14 Å². The second kappa shape index (κ2) is 10.0. The van der Waals surface area contributed by atoms with Gasteiger partial charge >= 0.3 is 0 Å². The minimum absolute atomic E-state index is 0.133. The highest BCUT2D eigenvalue weighted by atomic mass is 31.2. The van der Waals surface area contributed by atoms with Crippen LogP contribution in [0.5, 0.6) is 0 Å². The van der Waals surface area contributed by atoms with Gasteiger partial charge in [-0.15, -0.1) is 0 Å². The first-order chi connectivity index (χ1) is 8.14. The van der Waals surface area contributed by atoms with Gasteiger partial charge in [-0.2, -0.15) is 0 Å². The third-order valence-electron chi connectivity index (χ3n) is 2.03. The molecule has 0 saturated carbocycles. The maximum atomic E-state index is 12.7. The molecule has 0 heterocycles. The van der Waals surface area contributed by atoms with E-state index in [1.165, 1.54) is 0 Å². The average molecular weight is 268 g/mol. The Morgan fingerprint density at radius 1 is 0.824 bits per heavy atom. The van der Waals surface area contributed by atoms with E-state index in [0.29, 0.717) is 26.4 Å². The third-order valence-corrected chi connectivity index (χ3v) is 4.34. The van der Waals surface area contributed by atoms with Crippen molar-refractivity contribution in [1.29, 1.82) is 0 Å². The maximum absolute atomic E-state index is 12.7. The largest absolute Gasteiger partial charge is 0.374 e. The maximum Gasteiger partial charge on any atom is 0.215 e. The Hall–Kier alpha value is 0.0700. The summed E-state index contributed by atoms with van der Waals surface area (Å²) >= 11 is 0. The fraction of sp³-hybridized carbons (Fsp3) is 1.00. The van der Waals surface area contributed by atoms with Gasteiger partial charge in [-0.1, -0.05) is 0 Å². The first kappa shape index (κ1) is 17.1. The second-order valence-corrected chi connectivity index (χ2v) is 6.26. The summed E-state index contributed by atoms with van der Waals surface area (Å²) in [5, 5.41) is 0. The van der Waals surface area contributed by atoms with Crippen molar-refractivity contribution in [2.45, 2.75) is 33.7 Å². The molecule has 0 fully saturated rings. The standard InChI is InChI=1S/C11H25O5P/c1-5-13-9-17(12,10-14-6-2)11(15-7-3)16-8-4/h11H,5-10H2,1-4H3. The molecule has 17 heavy (non-hydrogen) atoms. The van der Waals surface area contributed by atoms with Gasteiger partial charge in [0.1, 0.15) is 12.7 Å². The summed E-state index contributed by atoms with van der Waals surface area (Å²) in [5.41, 5.74) is 0. The lowest BCUT2D eigenvalue weighted by atomic mass is 10.9. The van der Waals surface area contributed by atoms with Gasteiger partial charge in [0, 0.05) is 26.4 Å². The minimum Gasteiger partial charge on any atom is -0.374 e. The zero-order valence-electron chi connectivity index (χ0n) is 11.3. The summed E-state index contributed by atoms with van der Waals surface area (Å²) in [4.78, 5) is 0. The average Bonchev–Trinajstić information content (AvgIpc) is 2.33. The molecule has 0 aliphatic heterocycles. The molecule has 0 radical (unpaired) electrons. The van der Waals surface area contributed by atoms with E-state index in [-0.39, 0.29) is 12.7 Å². The van der Waals surface area contributed by atoms with Crippen molar-refractivity contribution < 1.29 is 23.5 Å². The molecule has 0 N–H and O–H groups in total. The van der Waals surface area contributed by atoms with Crippen LogP contribution in [0.15, 0.2) is 0 Å². The molecule has 0 aliphatic carbocycles. The molecule has 104 valence electrons. The van der Waals surface area contributed by atoms with E-state index in [4.69, 9.17) is 18.9 Å². The number of ether oxygens (including phenoxy) is 4. The van der Waals surface area contributed by atoms with Gasteiger partial charge in [-0.25, -0.2) is 0 Å². The molecular formula is C11H25O5P. The fourth-order valence-electron chi connectivity index (χ4n) is 1.26. The van der Waals surface area contributed by atoms with Crippen molar-refractivity contribution in [3.8, 4) is 0 Å². The molecular weight excluding hydrogens is 243 g/mol. The van der Waals surface area contributed by atoms with Crippen LogP contribution in [0.25, 0.3) is 0 Å². The normalized spacial score (nSPS) is 12.3. The fourth-order valence-corrected chi connectivity index (χ4v) is 3.40. The number of hydrogen-bond donors (Lipinski definition) is 0. The summed E-state index contributed by atoms with van der Waals surface area (Å²) < 4.78 is 34.0. The number of hydrogen-bond acceptors (Lipinski definition) is 5. The Balaban J connectivity index is 4.62. The molecule has 0 spiro atoms. The molecule has 0 aromatic rings. The topological polar surface area (TPSA) is 54.0 Å². The lowest BCUT2D eigenvalue weighted by molar-refractivity contribution is -0.0853. The van der Waals surface area contributed by atoms with Crippen LogP contribution in [0.2, 0.25) is 0 Å². The molecule has 0 bridgehead atoms.